The highest BCUT2D eigenvalue weighted by Gasteiger charge is 2.14. The van der Waals surface area contributed by atoms with Crippen molar-refractivity contribution in [1.29, 1.82) is 0 Å². The largest absolute Gasteiger partial charge is 0.278 e. The molecule has 0 atom stereocenters. The highest BCUT2D eigenvalue weighted by molar-refractivity contribution is 5.79. The van der Waals surface area contributed by atoms with Crippen LogP contribution >= 0.6 is 0 Å². The molecule has 0 aliphatic heterocycles. The Bertz CT molecular complexity index is 1080. The van der Waals surface area contributed by atoms with E-state index in [-0.39, 0.29) is 11.2 Å². The van der Waals surface area contributed by atoms with Gasteiger partial charge in [0, 0.05) is 11.9 Å². The number of benzene rings is 1. The summed E-state index contributed by atoms with van der Waals surface area (Å²) in [4.78, 5) is 20.9. The average molecular weight is 295 g/mol. The molecule has 0 unspecified atom stereocenters. The van der Waals surface area contributed by atoms with E-state index in [9.17, 15) is 9.18 Å². The average Bonchev–Trinajstić information content (AvgIpc) is 2.98. The van der Waals surface area contributed by atoms with Gasteiger partial charge in [-0.2, -0.15) is 14.6 Å². The summed E-state index contributed by atoms with van der Waals surface area (Å²) in [5.41, 5.74) is 1.07. The van der Waals surface area contributed by atoms with Crippen molar-refractivity contribution < 1.29 is 4.39 Å². The second-order valence-corrected chi connectivity index (χ2v) is 4.91. The van der Waals surface area contributed by atoms with Crippen molar-refractivity contribution in [2.75, 3.05) is 0 Å². The molecule has 0 saturated carbocycles. The van der Waals surface area contributed by atoms with Crippen molar-refractivity contribution in [3.63, 3.8) is 0 Å². The van der Waals surface area contributed by atoms with Gasteiger partial charge in [-0.05, 0) is 25.1 Å². The van der Waals surface area contributed by atoms with Gasteiger partial charge in [-0.3, -0.25) is 9.36 Å². The molecule has 4 rings (SSSR count). The van der Waals surface area contributed by atoms with Crippen LogP contribution < -0.4 is 5.56 Å². The van der Waals surface area contributed by atoms with Crippen LogP contribution in [0.15, 0.2) is 47.7 Å². The van der Waals surface area contributed by atoms with Crippen LogP contribution in [0, 0.1) is 12.7 Å². The zero-order chi connectivity index (χ0) is 15.3. The van der Waals surface area contributed by atoms with Gasteiger partial charge in [-0.25, -0.2) is 9.37 Å². The summed E-state index contributed by atoms with van der Waals surface area (Å²) in [7, 11) is 0. The quantitative estimate of drug-likeness (QED) is 0.538. The molecule has 3 aromatic heterocycles. The van der Waals surface area contributed by atoms with Crippen LogP contribution in [-0.2, 0) is 0 Å². The smallest absolute Gasteiger partial charge is 0.266 e. The predicted molar refractivity (Wildman–Crippen MR) is 78.6 cm³/mol. The lowest BCUT2D eigenvalue weighted by molar-refractivity contribution is 0.615. The van der Waals surface area contributed by atoms with Gasteiger partial charge in [0.05, 0.1) is 16.6 Å². The van der Waals surface area contributed by atoms with Gasteiger partial charge in [-0.15, -0.1) is 0 Å². The Hall–Kier alpha value is -3.09. The van der Waals surface area contributed by atoms with E-state index in [4.69, 9.17) is 0 Å². The lowest BCUT2D eigenvalue weighted by Crippen LogP contribution is -2.22. The molecule has 0 spiro atoms. The number of halogens is 1. The molecule has 1 aromatic carbocycles. The Morgan fingerprint density at radius 2 is 2.00 bits per heavy atom. The van der Waals surface area contributed by atoms with Gasteiger partial charge < -0.3 is 0 Å². The maximum absolute atomic E-state index is 14.0. The van der Waals surface area contributed by atoms with Gasteiger partial charge in [0.15, 0.2) is 0 Å². The Balaban J connectivity index is 2.16. The lowest BCUT2D eigenvalue weighted by atomic mass is 10.2. The number of hydrogen-bond donors (Lipinski definition) is 0. The second-order valence-electron chi connectivity index (χ2n) is 4.91. The van der Waals surface area contributed by atoms with E-state index in [1.807, 2.05) is 0 Å². The van der Waals surface area contributed by atoms with E-state index in [0.29, 0.717) is 22.4 Å². The topological polar surface area (TPSA) is 65.1 Å². The molecule has 0 saturated heterocycles. The highest BCUT2D eigenvalue weighted by atomic mass is 19.1. The number of pyridine rings is 1. The van der Waals surface area contributed by atoms with Gasteiger partial charge in [0.1, 0.15) is 12.1 Å². The molecule has 0 fully saturated rings. The Kier molecular flexibility index (Phi) is 2.56. The van der Waals surface area contributed by atoms with Crippen LogP contribution in [0.4, 0.5) is 4.39 Å². The number of aryl methyl sites for hydroxylation is 1. The number of fused-ring (bicyclic) bond motifs is 3. The Labute approximate surface area is 123 Å². The molecule has 3 heterocycles. The summed E-state index contributed by atoms with van der Waals surface area (Å²) in [6.07, 6.45) is 2.82. The highest BCUT2D eigenvalue weighted by Crippen LogP contribution is 2.17. The summed E-state index contributed by atoms with van der Waals surface area (Å²) in [5.74, 6) is -0.0446. The van der Waals surface area contributed by atoms with Gasteiger partial charge in [-0.1, -0.05) is 12.1 Å². The Morgan fingerprint density at radius 1 is 1.18 bits per heavy atom. The van der Waals surface area contributed by atoms with E-state index >= 15 is 0 Å². The van der Waals surface area contributed by atoms with Crippen molar-refractivity contribution in [3.05, 3.63) is 64.7 Å². The van der Waals surface area contributed by atoms with Crippen molar-refractivity contribution >= 4 is 16.7 Å². The Morgan fingerprint density at radius 3 is 2.82 bits per heavy atom. The molecular formula is C15H10FN5O. The minimum absolute atomic E-state index is 0.214. The number of para-hydroxylation sites is 1. The van der Waals surface area contributed by atoms with Gasteiger partial charge in [0.2, 0.25) is 0 Å². The SMILES string of the molecule is Cc1cc2c(cnc3ncnn32)c(=O)n1-c1ccccc1F. The van der Waals surface area contributed by atoms with E-state index in [0.717, 1.165) is 0 Å². The van der Waals surface area contributed by atoms with Crippen LogP contribution in [0.5, 0.6) is 0 Å². The third-order valence-corrected chi connectivity index (χ3v) is 3.57. The predicted octanol–water partition coefficient (Wildman–Crippen LogP) is 1.88. The van der Waals surface area contributed by atoms with Crippen LogP contribution in [0.2, 0.25) is 0 Å². The zero-order valence-electron chi connectivity index (χ0n) is 11.6. The second kappa shape index (κ2) is 4.45. The van der Waals surface area contributed by atoms with Crippen molar-refractivity contribution in [2.45, 2.75) is 6.92 Å². The molecule has 22 heavy (non-hydrogen) atoms. The first-order valence-electron chi connectivity index (χ1n) is 6.63. The zero-order valence-corrected chi connectivity index (χ0v) is 11.6. The van der Waals surface area contributed by atoms with Crippen molar-refractivity contribution in [1.82, 2.24) is 24.1 Å². The fourth-order valence-electron chi connectivity index (χ4n) is 2.58. The van der Waals surface area contributed by atoms with Gasteiger partial charge >= 0.3 is 0 Å². The van der Waals surface area contributed by atoms with E-state index in [1.165, 1.54) is 27.7 Å². The van der Waals surface area contributed by atoms with E-state index < -0.39 is 5.82 Å². The first-order chi connectivity index (χ1) is 10.7. The number of rotatable bonds is 1. The molecule has 108 valence electrons. The van der Waals surface area contributed by atoms with Crippen LogP contribution in [0.25, 0.3) is 22.4 Å². The molecule has 0 amide bonds. The minimum atomic E-state index is -0.457. The molecule has 0 bridgehead atoms. The summed E-state index contributed by atoms with van der Waals surface area (Å²) < 4.78 is 16.9. The third-order valence-electron chi connectivity index (χ3n) is 3.57. The minimum Gasteiger partial charge on any atom is -0.278 e. The first-order valence-corrected chi connectivity index (χ1v) is 6.63. The number of hydrogen-bond acceptors (Lipinski definition) is 4. The number of aromatic nitrogens is 5. The molecule has 0 N–H and O–H groups in total. The molecule has 7 heteroatoms. The molecule has 0 radical (unpaired) electrons. The molecule has 6 nitrogen and oxygen atoms in total. The third kappa shape index (κ3) is 1.65. The van der Waals surface area contributed by atoms with Crippen molar-refractivity contribution in [3.8, 4) is 5.69 Å². The molecule has 4 aromatic rings. The summed E-state index contributed by atoms with van der Waals surface area (Å²) in [6.45, 7) is 1.75. The van der Waals surface area contributed by atoms with Gasteiger partial charge in [0.25, 0.3) is 11.3 Å². The van der Waals surface area contributed by atoms with E-state index in [2.05, 4.69) is 15.1 Å². The number of nitrogens with zero attached hydrogens (tertiary/aromatic N) is 5. The fraction of sp³-hybridized carbons (Fsp3) is 0.0667. The lowest BCUT2D eigenvalue weighted by Gasteiger charge is -2.12. The summed E-state index contributed by atoms with van der Waals surface area (Å²) in [5, 5.41) is 4.42. The molecule has 0 aliphatic rings. The maximum atomic E-state index is 14.0. The van der Waals surface area contributed by atoms with Crippen molar-refractivity contribution in [2.24, 2.45) is 0 Å². The maximum Gasteiger partial charge on any atom is 0.266 e. The molecule has 0 aliphatic carbocycles. The first kappa shape index (κ1) is 12.6. The van der Waals surface area contributed by atoms with Crippen LogP contribution in [0.3, 0.4) is 0 Å². The van der Waals surface area contributed by atoms with E-state index in [1.54, 1.807) is 31.2 Å². The van der Waals surface area contributed by atoms with Crippen LogP contribution in [0.1, 0.15) is 5.69 Å². The van der Waals surface area contributed by atoms with Crippen LogP contribution in [-0.4, -0.2) is 24.1 Å². The molecular weight excluding hydrogens is 285 g/mol. The summed E-state index contributed by atoms with van der Waals surface area (Å²) >= 11 is 0. The monoisotopic (exact) mass is 295 g/mol. The normalized spacial score (nSPS) is 11.4. The summed E-state index contributed by atoms with van der Waals surface area (Å²) in [6, 6.07) is 7.93. The standard InChI is InChI=1S/C15H10FN5O/c1-9-6-13-10(7-17-15-18-8-19-21(13)15)14(22)20(9)12-5-3-2-4-11(12)16/h2-8H,1H3. The fourth-order valence-corrected chi connectivity index (χ4v) is 2.58.